The average molecular weight is 202 g/mol. The quantitative estimate of drug-likeness (QED) is 0.538. The molecule has 2 heterocycles. The van der Waals surface area contributed by atoms with E-state index in [1.165, 1.54) is 0 Å². The molecule has 1 N–H and O–H groups in total. The van der Waals surface area contributed by atoms with Gasteiger partial charge >= 0.3 is 0 Å². The lowest BCUT2D eigenvalue weighted by Gasteiger charge is -2.28. The lowest BCUT2D eigenvalue weighted by atomic mass is 10.1. The van der Waals surface area contributed by atoms with Gasteiger partial charge in [-0.3, -0.25) is 0 Å². The minimum atomic E-state index is -0.494. The van der Waals surface area contributed by atoms with Gasteiger partial charge in [-0.15, -0.1) is 0 Å². The van der Waals surface area contributed by atoms with Gasteiger partial charge in [0.15, 0.2) is 6.29 Å². The van der Waals surface area contributed by atoms with Crippen LogP contribution in [-0.4, -0.2) is 42.4 Å². The van der Waals surface area contributed by atoms with Gasteiger partial charge in [-0.05, 0) is 13.3 Å². The van der Waals surface area contributed by atoms with E-state index < -0.39 is 6.10 Å². The highest BCUT2D eigenvalue weighted by molar-refractivity contribution is 4.99. The maximum Gasteiger partial charge on any atom is 0.186 e. The number of epoxide rings is 1. The fraction of sp³-hybridized carbons (Fsp3) is 1.00. The molecular formula is C10H18O4. The molecule has 14 heavy (non-hydrogen) atoms. The number of rotatable bonds is 4. The summed E-state index contributed by atoms with van der Waals surface area (Å²) in [4.78, 5) is 0. The number of fused-ring (bicyclic) bond motifs is 1. The first-order chi connectivity index (χ1) is 6.74. The molecule has 4 heteroatoms. The van der Waals surface area contributed by atoms with Crippen LogP contribution < -0.4 is 0 Å². The maximum absolute atomic E-state index is 9.57. The molecule has 2 saturated heterocycles. The number of aliphatic hydroxyl groups excluding tert-OH is 1. The zero-order valence-corrected chi connectivity index (χ0v) is 8.68. The Labute approximate surface area is 84.1 Å². The molecule has 4 nitrogen and oxygen atoms in total. The molecule has 0 aromatic carbocycles. The molecule has 0 radical (unpaired) electrons. The van der Waals surface area contributed by atoms with Crippen LogP contribution >= 0.6 is 0 Å². The number of ether oxygens (including phenoxy) is 3. The predicted octanol–water partition coefficient (Wildman–Crippen LogP) is 0.676. The highest BCUT2D eigenvalue weighted by Crippen LogP contribution is 2.37. The largest absolute Gasteiger partial charge is 0.388 e. The zero-order chi connectivity index (χ0) is 10.1. The van der Waals surface area contributed by atoms with Gasteiger partial charge in [0, 0.05) is 6.61 Å². The van der Waals surface area contributed by atoms with Crippen molar-refractivity contribution >= 4 is 0 Å². The topological polar surface area (TPSA) is 51.2 Å². The summed E-state index contributed by atoms with van der Waals surface area (Å²) in [6.07, 6.45) is 1.08. The number of hydrogen-bond acceptors (Lipinski definition) is 4. The van der Waals surface area contributed by atoms with E-state index in [0.29, 0.717) is 6.61 Å². The highest BCUT2D eigenvalue weighted by atomic mass is 16.7. The highest BCUT2D eigenvalue weighted by Gasteiger charge is 2.56. The Hall–Kier alpha value is -0.160. The molecular weight excluding hydrogens is 184 g/mol. The second kappa shape index (κ2) is 4.14. The third-order valence-electron chi connectivity index (χ3n) is 2.78. The summed E-state index contributed by atoms with van der Waals surface area (Å²) in [6.45, 7) is 4.67. The Kier molecular flexibility index (Phi) is 3.07. The van der Waals surface area contributed by atoms with Gasteiger partial charge < -0.3 is 19.3 Å². The molecule has 0 unspecified atom stereocenters. The average Bonchev–Trinajstić information content (AvgIpc) is 2.93. The van der Waals surface area contributed by atoms with Crippen LogP contribution in [0.3, 0.4) is 0 Å². The smallest absolute Gasteiger partial charge is 0.186 e. The Morgan fingerprint density at radius 3 is 2.79 bits per heavy atom. The SMILES string of the molecule is CCCCO[C@H]1O[C@H](C)[C@@H](O)[C@H]2O[C@@H]12. The number of unbranched alkanes of at least 4 members (excludes halogenated alkanes) is 1. The lowest BCUT2D eigenvalue weighted by Crippen LogP contribution is -2.44. The van der Waals surface area contributed by atoms with Gasteiger partial charge in [0.25, 0.3) is 0 Å². The molecule has 0 bridgehead atoms. The summed E-state index contributed by atoms with van der Waals surface area (Å²) in [5.74, 6) is 0. The van der Waals surface area contributed by atoms with Crippen LogP contribution in [0.25, 0.3) is 0 Å². The summed E-state index contributed by atoms with van der Waals surface area (Å²) in [5, 5.41) is 9.57. The van der Waals surface area contributed by atoms with Crippen molar-refractivity contribution in [3.05, 3.63) is 0 Å². The maximum atomic E-state index is 9.57. The van der Waals surface area contributed by atoms with Crippen LogP contribution in [0, 0.1) is 0 Å². The first-order valence-electron chi connectivity index (χ1n) is 5.34. The molecule has 82 valence electrons. The van der Waals surface area contributed by atoms with Gasteiger partial charge in [-0.1, -0.05) is 13.3 Å². The van der Waals surface area contributed by atoms with Gasteiger partial charge in [0.05, 0.1) is 6.10 Å². The van der Waals surface area contributed by atoms with E-state index in [9.17, 15) is 5.11 Å². The molecule has 2 rings (SSSR count). The third kappa shape index (κ3) is 1.93. The minimum Gasteiger partial charge on any atom is -0.388 e. The van der Waals surface area contributed by atoms with E-state index >= 15 is 0 Å². The predicted molar refractivity (Wildman–Crippen MR) is 49.9 cm³/mol. The summed E-state index contributed by atoms with van der Waals surface area (Å²) >= 11 is 0. The Morgan fingerprint density at radius 1 is 1.29 bits per heavy atom. The molecule has 2 aliphatic rings. The summed E-state index contributed by atoms with van der Waals surface area (Å²) < 4.78 is 16.3. The monoisotopic (exact) mass is 202 g/mol. The molecule has 2 fully saturated rings. The van der Waals surface area contributed by atoms with Crippen molar-refractivity contribution in [3.8, 4) is 0 Å². The third-order valence-corrected chi connectivity index (χ3v) is 2.78. The van der Waals surface area contributed by atoms with Crippen LogP contribution in [-0.2, 0) is 14.2 Å². The second-order valence-electron chi connectivity index (χ2n) is 3.99. The van der Waals surface area contributed by atoms with Crippen molar-refractivity contribution < 1.29 is 19.3 Å². The van der Waals surface area contributed by atoms with E-state index in [1.54, 1.807) is 0 Å². The summed E-state index contributed by atoms with van der Waals surface area (Å²) in [6, 6.07) is 0. The van der Waals surface area contributed by atoms with E-state index in [-0.39, 0.29) is 24.6 Å². The van der Waals surface area contributed by atoms with Crippen molar-refractivity contribution in [1.82, 2.24) is 0 Å². The van der Waals surface area contributed by atoms with Crippen molar-refractivity contribution in [2.24, 2.45) is 0 Å². The van der Waals surface area contributed by atoms with E-state index in [0.717, 1.165) is 12.8 Å². The van der Waals surface area contributed by atoms with Gasteiger partial charge in [-0.25, -0.2) is 0 Å². The standard InChI is InChI=1S/C10H18O4/c1-3-4-5-12-10-9-8(14-9)7(11)6(2)13-10/h6-11H,3-5H2,1-2H3/t6-,7-,8-,9-,10+/m1/s1. The van der Waals surface area contributed by atoms with Gasteiger partial charge in [-0.2, -0.15) is 0 Å². The van der Waals surface area contributed by atoms with E-state index in [4.69, 9.17) is 14.2 Å². The van der Waals surface area contributed by atoms with Crippen molar-refractivity contribution in [2.45, 2.75) is 57.4 Å². The van der Waals surface area contributed by atoms with E-state index in [1.807, 2.05) is 6.92 Å². The van der Waals surface area contributed by atoms with E-state index in [2.05, 4.69) is 6.92 Å². The van der Waals surface area contributed by atoms with Crippen LogP contribution in [0.4, 0.5) is 0 Å². The summed E-state index contributed by atoms with van der Waals surface area (Å²) in [5.41, 5.74) is 0. The number of aliphatic hydroxyl groups is 1. The van der Waals surface area contributed by atoms with Crippen LogP contribution in [0.5, 0.6) is 0 Å². The van der Waals surface area contributed by atoms with Crippen molar-refractivity contribution in [1.29, 1.82) is 0 Å². The molecule has 5 atom stereocenters. The number of hydrogen-bond donors (Lipinski definition) is 1. The molecule has 0 spiro atoms. The normalized spacial score (nSPS) is 46.1. The molecule has 0 amide bonds. The zero-order valence-electron chi connectivity index (χ0n) is 8.68. The fourth-order valence-corrected chi connectivity index (χ4v) is 1.74. The Morgan fingerprint density at radius 2 is 2.07 bits per heavy atom. The van der Waals surface area contributed by atoms with Gasteiger partial charge in [0.2, 0.25) is 0 Å². The molecule has 2 aliphatic heterocycles. The van der Waals surface area contributed by atoms with Crippen LogP contribution in [0.2, 0.25) is 0 Å². The van der Waals surface area contributed by atoms with Crippen molar-refractivity contribution in [2.75, 3.05) is 6.61 Å². The first-order valence-corrected chi connectivity index (χ1v) is 5.34. The Balaban J connectivity index is 1.78. The minimum absolute atomic E-state index is 0.0435. The molecule has 0 aromatic rings. The summed E-state index contributed by atoms with van der Waals surface area (Å²) in [7, 11) is 0. The van der Waals surface area contributed by atoms with Gasteiger partial charge in [0.1, 0.15) is 18.3 Å². The Bertz CT molecular complexity index is 195. The fourth-order valence-electron chi connectivity index (χ4n) is 1.74. The first kappa shape index (κ1) is 10.4. The second-order valence-corrected chi connectivity index (χ2v) is 3.99. The molecule has 0 aromatic heterocycles. The molecule has 0 aliphatic carbocycles. The molecule has 0 saturated carbocycles. The van der Waals surface area contributed by atoms with Crippen LogP contribution in [0.1, 0.15) is 26.7 Å². The lowest BCUT2D eigenvalue weighted by molar-refractivity contribution is -0.206. The van der Waals surface area contributed by atoms with Crippen molar-refractivity contribution in [3.63, 3.8) is 0 Å². The van der Waals surface area contributed by atoms with Crippen LogP contribution in [0.15, 0.2) is 0 Å².